The summed E-state index contributed by atoms with van der Waals surface area (Å²) in [6.45, 7) is 0.106. The molecule has 2 aromatic heterocycles. The third-order valence-electron chi connectivity index (χ3n) is 3.31. The van der Waals surface area contributed by atoms with Gasteiger partial charge in [0.15, 0.2) is 11.6 Å². The zero-order valence-electron chi connectivity index (χ0n) is 12.3. The van der Waals surface area contributed by atoms with E-state index in [-0.39, 0.29) is 18.3 Å². The van der Waals surface area contributed by atoms with Gasteiger partial charge in [0, 0.05) is 5.39 Å². The number of anilines is 1. The number of furan rings is 1. The quantitative estimate of drug-likeness (QED) is 0.653. The van der Waals surface area contributed by atoms with E-state index in [0.717, 1.165) is 10.9 Å². The summed E-state index contributed by atoms with van der Waals surface area (Å²) in [7, 11) is 0. The number of nitrogens with one attached hydrogen (secondary N) is 2. The monoisotopic (exact) mass is 317 g/mol. The summed E-state index contributed by atoms with van der Waals surface area (Å²) in [5.41, 5.74) is 0.774. The minimum atomic E-state index is -0.377. The molecule has 0 atom stereocenters. The van der Waals surface area contributed by atoms with E-state index in [0.29, 0.717) is 31.0 Å². The molecule has 2 heterocycles. The van der Waals surface area contributed by atoms with Crippen molar-refractivity contribution in [2.45, 2.75) is 12.8 Å². The van der Waals surface area contributed by atoms with Crippen LogP contribution in [0.1, 0.15) is 23.4 Å². The number of unbranched alkanes of at least 4 members (excludes halogenated alkanes) is 1. The summed E-state index contributed by atoms with van der Waals surface area (Å²) >= 11 is 0. The maximum absolute atomic E-state index is 12.1. The second-order valence-electron chi connectivity index (χ2n) is 4.96. The van der Waals surface area contributed by atoms with Crippen LogP contribution in [0.25, 0.3) is 10.9 Å². The number of fused-ring (bicyclic) bond motifs is 1. The van der Waals surface area contributed by atoms with Gasteiger partial charge in [-0.1, -0.05) is 0 Å². The van der Waals surface area contributed by atoms with Gasteiger partial charge in [0.2, 0.25) is 0 Å². The molecule has 7 heteroatoms. The maximum Gasteiger partial charge on any atom is 0.292 e. The summed E-state index contributed by atoms with van der Waals surface area (Å²) in [5, 5.41) is 10.4. The molecule has 0 spiro atoms. The van der Waals surface area contributed by atoms with Crippen molar-refractivity contribution in [3.05, 3.63) is 42.4 Å². The fraction of sp³-hybridized carbons (Fsp3) is 0.250. The number of carbonyl (C=O) groups is 1. The minimum absolute atomic E-state index is 0.208. The Hall–Kier alpha value is -2.83. The van der Waals surface area contributed by atoms with E-state index in [1.165, 1.54) is 6.26 Å². The number of ether oxygens (including phenoxy) is 1. The molecule has 3 aromatic rings. The molecule has 0 radical (unpaired) electrons. The van der Waals surface area contributed by atoms with Gasteiger partial charge in [0.1, 0.15) is 5.75 Å². The summed E-state index contributed by atoms with van der Waals surface area (Å²) in [5.74, 6) is 0.874. The van der Waals surface area contributed by atoms with Crippen LogP contribution in [0.5, 0.6) is 5.75 Å². The van der Waals surface area contributed by atoms with Crippen LogP contribution in [-0.2, 0) is 0 Å². The van der Waals surface area contributed by atoms with Crippen molar-refractivity contribution in [3.8, 4) is 5.75 Å². The first kappa shape index (κ1) is 15.1. The number of hydrogen-bond donors (Lipinski definition) is 2. The zero-order valence-corrected chi connectivity index (χ0v) is 12.3. The minimum Gasteiger partial charge on any atom is -0.494 e. The fourth-order valence-electron chi connectivity index (χ4n) is 2.14. The molecule has 0 fully saturated rings. The molecule has 6 nitrogen and oxygen atoms in total. The number of aromatic amines is 1. The van der Waals surface area contributed by atoms with Crippen LogP contribution in [0, 0.1) is 0 Å². The van der Waals surface area contributed by atoms with Gasteiger partial charge < -0.3 is 14.5 Å². The number of halogens is 1. The van der Waals surface area contributed by atoms with Gasteiger partial charge in [0.05, 0.1) is 25.1 Å². The normalized spacial score (nSPS) is 10.8. The largest absolute Gasteiger partial charge is 0.494 e. The zero-order chi connectivity index (χ0) is 16.1. The van der Waals surface area contributed by atoms with Crippen molar-refractivity contribution >= 4 is 22.6 Å². The molecule has 2 N–H and O–H groups in total. The number of benzene rings is 1. The Morgan fingerprint density at radius 2 is 2.26 bits per heavy atom. The van der Waals surface area contributed by atoms with E-state index in [4.69, 9.17) is 9.15 Å². The van der Waals surface area contributed by atoms with E-state index in [9.17, 15) is 9.18 Å². The van der Waals surface area contributed by atoms with Gasteiger partial charge in [-0.3, -0.25) is 14.3 Å². The number of H-pyrrole nitrogens is 1. The molecule has 0 aliphatic rings. The van der Waals surface area contributed by atoms with E-state index >= 15 is 0 Å². The van der Waals surface area contributed by atoms with Crippen LogP contribution in [0.4, 0.5) is 10.2 Å². The number of amides is 1. The molecule has 0 saturated carbocycles. The molecule has 0 bridgehead atoms. The Morgan fingerprint density at radius 1 is 1.35 bits per heavy atom. The highest BCUT2D eigenvalue weighted by atomic mass is 19.1. The lowest BCUT2D eigenvalue weighted by atomic mass is 10.2. The molecular formula is C16H16FN3O3. The maximum atomic E-state index is 12.1. The van der Waals surface area contributed by atoms with E-state index in [1.807, 2.05) is 6.07 Å². The highest BCUT2D eigenvalue weighted by molar-refractivity contribution is 6.06. The predicted molar refractivity (Wildman–Crippen MR) is 83.5 cm³/mol. The number of nitrogens with zero attached hydrogens (tertiary/aromatic N) is 1. The average molecular weight is 317 g/mol. The van der Waals surface area contributed by atoms with Crippen molar-refractivity contribution in [2.24, 2.45) is 0 Å². The highest BCUT2D eigenvalue weighted by Gasteiger charge is 2.13. The Bertz CT molecular complexity index is 783. The summed E-state index contributed by atoms with van der Waals surface area (Å²) in [6, 6.07) is 8.61. The first-order chi connectivity index (χ1) is 11.3. The number of hydrogen-bond acceptors (Lipinski definition) is 4. The molecule has 3 rings (SSSR count). The lowest BCUT2D eigenvalue weighted by Gasteiger charge is -2.06. The Kier molecular flexibility index (Phi) is 4.56. The average Bonchev–Trinajstić information content (AvgIpc) is 3.22. The third kappa shape index (κ3) is 3.50. The van der Waals surface area contributed by atoms with Crippen molar-refractivity contribution in [3.63, 3.8) is 0 Å². The number of rotatable bonds is 7. The van der Waals surface area contributed by atoms with Crippen LogP contribution in [0.3, 0.4) is 0 Å². The summed E-state index contributed by atoms with van der Waals surface area (Å²) in [6.07, 6.45) is 2.57. The van der Waals surface area contributed by atoms with Crippen molar-refractivity contribution in [1.82, 2.24) is 10.2 Å². The van der Waals surface area contributed by atoms with Gasteiger partial charge in [-0.15, -0.1) is 0 Å². The molecule has 1 amide bonds. The molecular weight excluding hydrogens is 301 g/mol. The second kappa shape index (κ2) is 6.95. The molecule has 1 aromatic carbocycles. The molecule has 120 valence electrons. The second-order valence-corrected chi connectivity index (χ2v) is 4.96. The SMILES string of the molecule is O=C(Nc1n[nH]c2ccc(OCCCCF)cc12)c1ccco1. The Labute approximate surface area is 131 Å². The number of aromatic nitrogens is 2. The van der Waals surface area contributed by atoms with Crippen LogP contribution in [0.15, 0.2) is 41.0 Å². The number of carbonyl (C=O) groups excluding carboxylic acids is 1. The molecule has 0 aliphatic heterocycles. The molecule has 0 saturated heterocycles. The van der Waals surface area contributed by atoms with Gasteiger partial charge in [-0.2, -0.15) is 5.10 Å². The van der Waals surface area contributed by atoms with Gasteiger partial charge in [-0.25, -0.2) is 0 Å². The van der Waals surface area contributed by atoms with Crippen molar-refractivity contribution in [2.75, 3.05) is 18.6 Å². The van der Waals surface area contributed by atoms with Gasteiger partial charge in [0.25, 0.3) is 5.91 Å². The standard InChI is InChI=1S/C16H16FN3O3/c17-7-1-2-8-22-11-5-6-13-12(10-11)15(20-19-13)18-16(21)14-4-3-9-23-14/h3-6,9-10H,1-2,7-8H2,(H2,18,19,20,21). The first-order valence-corrected chi connectivity index (χ1v) is 7.29. The van der Waals surface area contributed by atoms with E-state index in [1.54, 1.807) is 24.3 Å². The molecule has 0 aliphatic carbocycles. The Morgan fingerprint density at radius 3 is 3.04 bits per heavy atom. The molecule has 0 unspecified atom stereocenters. The van der Waals surface area contributed by atoms with Gasteiger partial charge in [-0.05, 0) is 43.2 Å². The van der Waals surface area contributed by atoms with E-state index < -0.39 is 0 Å². The van der Waals surface area contributed by atoms with Crippen LogP contribution in [0.2, 0.25) is 0 Å². The first-order valence-electron chi connectivity index (χ1n) is 7.29. The Balaban J connectivity index is 1.74. The molecule has 23 heavy (non-hydrogen) atoms. The third-order valence-corrected chi connectivity index (χ3v) is 3.31. The van der Waals surface area contributed by atoms with Crippen molar-refractivity contribution in [1.29, 1.82) is 0 Å². The lowest BCUT2D eigenvalue weighted by molar-refractivity contribution is 0.0996. The van der Waals surface area contributed by atoms with Crippen molar-refractivity contribution < 1.29 is 18.3 Å². The van der Waals surface area contributed by atoms with Crippen LogP contribution < -0.4 is 10.1 Å². The van der Waals surface area contributed by atoms with Crippen LogP contribution >= 0.6 is 0 Å². The smallest absolute Gasteiger partial charge is 0.292 e. The number of alkyl halides is 1. The van der Waals surface area contributed by atoms with E-state index in [2.05, 4.69) is 15.5 Å². The summed E-state index contributed by atoms with van der Waals surface area (Å²) < 4.78 is 22.7. The summed E-state index contributed by atoms with van der Waals surface area (Å²) in [4.78, 5) is 12.0. The highest BCUT2D eigenvalue weighted by Crippen LogP contribution is 2.26. The fourth-order valence-corrected chi connectivity index (χ4v) is 2.14. The topological polar surface area (TPSA) is 80.2 Å². The predicted octanol–water partition coefficient (Wildman–Crippen LogP) is 3.54. The van der Waals surface area contributed by atoms with Gasteiger partial charge >= 0.3 is 0 Å². The van der Waals surface area contributed by atoms with Crippen LogP contribution in [-0.4, -0.2) is 29.4 Å². The lowest BCUT2D eigenvalue weighted by Crippen LogP contribution is -2.11.